The molecule has 0 aliphatic heterocycles. The molecule has 1 aromatic rings. The SMILES string of the molecule is Cc1c(F)cc(F)cc1CCC=O. The van der Waals surface area contributed by atoms with Crippen molar-refractivity contribution < 1.29 is 13.6 Å². The summed E-state index contributed by atoms with van der Waals surface area (Å²) in [6.07, 6.45) is 1.43. The summed E-state index contributed by atoms with van der Waals surface area (Å²) in [4.78, 5) is 10.1. The number of halogens is 2. The van der Waals surface area contributed by atoms with E-state index < -0.39 is 11.6 Å². The van der Waals surface area contributed by atoms with E-state index in [1.807, 2.05) is 0 Å². The standard InChI is InChI=1S/C10H10F2O/c1-7-8(3-2-4-13)5-9(11)6-10(7)12/h4-6H,2-3H2,1H3. The highest BCUT2D eigenvalue weighted by Gasteiger charge is 2.06. The van der Waals surface area contributed by atoms with Gasteiger partial charge < -0.3 is 4.79 Å². The van der Waals surface area contributed by atoms with Gasteiger partial charge in [-0.1, -0.05) is 0 Å². The van der Waals surface area contributed by atoms with Crippen molar-refractivity contribution in [3.63, 3.8) is 0 Å². The first-order valence-corrected chi connectivity index (χ1v) is 4.03. The van der Waals surface area contributed by atoms with E-state index in [0.29, 0.717) is 24.0 Å². The third kappa shape index (κ3) is 2.34. The van der Waals surface area contributed by atoms with Crippen molar-refractivity contribution in [2.24, 2.45) is 0 Å². The molecule has 0 N–H and O–H groups in total. The Bertz CT molecular complexity index is 321. The second-order valence-corrected chi connectivity index (χ2v) is 2.88. The Morgan fingerprint density at radius 1 is 1.38 bits per heavy atom. The molecular weight excluding hydrogens is 174 g/mol. The van der Waals surface area contributed by atoms with Crippen LogP contribution < -0.4 is 0 Å². The normalized spacial score (nSPS) is 10.1. The van der Waals surface area contributed by atoms with Gasteiger partial charge in [0.1, 0.15) is 17.9 Å². The predicted octanol–water partition coefficient (Wildman–Crippen LogP) is 2.40. The number of rotatable bonds is 3. The van der Waals surface area contributed by atoms with E-state index >= 15 is 0 Å². The highest BCUT2D eigenvalue weighted by atomic mass is 19.1. The smallest absolute Gasteiger partial charge is 0.129 e. The summed E-state index contributed by atoms with van der Waals surface area (Å²) in [6.45, 7) is 1.58. The van der Waals surface area contributed by atoms with Crippen LogP contribution in [-0.2, 0) is 11.2 Å². The van der Waals surface area contributed by atoms with E-state index in [9.17, 15) is 13.6 Å². The Hall–Kier alpha value is -1.25. The zero-order chi connectivity index (χ0) is 9.84. The van der Waals surface area contributed by atoms with Crippen LogP contribution in [0.2, 0.25) is 0 Å². The van der Waals surface area contributed by atoms with Crippen molar-refractivity contribution in [1.29, 1.82) is 0 Å². The van der Waals surface area contributed by atoms with Crippen molar-refractivity contribution in [2.75, 3.05) is 0 Å². The van der Waals surface area contributed by atoms with E-state index in [0.717, 1.165) is 12.4 Å². The fourth-order valence-electron chi connectivity index (χ4n) is 1.17. The monoisotopic (exact) mass is 184 g/mol. The highest BCUT2D eigenvalue weighted by molar-refractivity contribution is 5.50. The molecule has 0 saturated heterocycles. The molecule has 0 amide bonds. The molecule has 3 heteroatoms. The fraction of sp³-hybridized carbons (Fsp3) is 0.300. The van der Waals surface area contributed by atoms with Gasteiger partial charge in [-0.15, -0.1) is 0 Å². The summed E-state index contributed by atoms with van der Waals surface area (Å²) in [7, 11) is 0. The first-order chi connectivity index (χ1) is 6.15. The van der Waals surface area contributed by atoms with Crippen LogP contribution in [-0.4, -0.2) is 6.29 Å². The summed E-state index contributed by atoms with van der Waals surface area (Å²) in [5.41, 5.74) is 0.979. The lowest BCUT2D eigenvalue weighted by atomic mass is 10.0. The van der Waals surface area contributed by atoms with Gasteiger partial charge in [-0.25, -0.2) is 8.78 Å². The van der Waals surface area contributed by atoms with Crippen LogP contribution in [0.5, 0.6) is 0 Å². The summed E-state index contributed by atoms with van der Waals surface area (Å²) in [5, 5.41) is 0. The maximum atomic E-state index is 12.9. The Kier molecular flexibility index (Phi) is 3.12. The lowest BCUT2D eigenvalue weighted by molar-refractivity contribution is -0.107. The Morgan fingerprint density at radius 2 is 2.08 bits per heavy atom. The lowest BCUT2D eigenvalue weighted by Crippen LogP contribution is -1.95. The van der Waals surface area contributed by atoms with E-state index in [1.165, 1.54) is 6.07 Å². The Balaban J connectivity index is 2.98. The molecule has 1 nitrogen and oxygen atoms in total. The molecule has 0 aliphatic rings. The van der Waals surface area contributed by atoms with Crippen LogP contribution in [0.1, 0.15) is 17.5 Å². The maximum absolute atomic E-state index is 12.9. The van der Waals surface area contributed by atoms with E-state index in [4.69, 9.17) is 0 Å². The third-order valence-electron chi connectivity index (χ3n) is 1.95. The average Bonchev–Trinajstić information content (AvgIpc) is 2.09. The molecule has 0 unspecified atom stereocenters. The molecule has 0 spiro atoms. The zero-order valence-electron chi connectivity index (χ0n) is 7.31. The molecule has 70 valence electrons. The van der Waals surface area contributed by atoms with Gasteiger partial charge in [-0.05, 0) is 30.5 Å². The number of benzene rings is 1. The number of aldehydes is 1. The summed E-state index contributed by atoms with van der Waals surface area (Å²) >= 11 is 0. The van der Waals surface area contributed by atoms with Crippen LogP contribution in [0, 0.1) is 18.6 Å². The predicted molar refractivity (Wildman–Crippen MR) is 45.5 cm³/mol. The molecule has 1 aromatic carbocycles. The van der Waals surface area contributed by atoms with Gasteiger partial charge in [0.15, 0.2) is 0 Å². The van der Waals surface area contributed by atoms with Gasteiger partial charge in [-0.3, -0.25) is 0 Å². The molecule has 0 aliphatic carbocycles. The van der Waals surface area contributed by atoms with E-state index in [2.05, 4.69) is 0 Å². The minimum absolute atomic E-state index is 0.295. The van der Waals surface area contributed by atoms with Gasteiger partial charge in [0.25, 0.3) is 0 Å². The topological polar surface area (TPSA) is 17.1 Å². The van der Waals surface area contributed by atoms with Gasteiger partial charge in [-0.2, -0.15) is 0 Å². The molecule has 0 aromatic heterocycles. The van der Waals surface area contributed by atoms with Gasteiger partial charge in [0, 0.05) is 12.5 Å². The number of aryl methyl sites for hydroxylation is 1. The van der Waals surface area contributed by atoms with Crippen molar-refractivity contribution in [2.45, 2.75) is 19.8 Å². The van der Waals surface area contributed by atoms with Gasteiger partial charge in [0.05, 0.1) is 0 Å². The molecular formula is C10H10F2O. The molecule has 0 saturated carbocycles. The third-order valence-corrected chi connectivity index (χ3v) is 1.95. The quantitative estimate of drug-likeness (QED) is 0.659. The number of carbonyl (C=O) groups excluding carboxylic acids is 1. The van der Waals surface area contributed by atoms with Crippen molar-refractivity contribution in [3.05, 3.63) is 34.9 Å². The largest absolute Gasteiger partial charge is 0.303 e. The molecule has 1 rings (SSSR count). The van der Waals surface area contributed by atoms with Crippen molar-refractivity contribution >= 4 is 6.29 Å². The molecule has 0 bridgehead atoms. The minimum Gasteiger partial charge on any atom is -0.303 e. The summed E-state index contributed by atoms with van der Waals surface area (Å²) in [5.74, 6) is -1.15. The van der Waals surface area contributed by atoms with E-state index in [-0.39, 0.29) is 0 Å². The van der Waals surface area contributed by atoms with Crippen LogP contribution in [0.25, 0.3) is 0 Å². The van der Waals surface area contributed by atoms with Crippen LogP contribution in [0.3, 0.4) is 0 Å². The van der Waals surface area contributed by atoms with Crippen LogP contribution >= 0.6 is 0 Å². The van der Waals surface area contributed by atoms with Crippen molar-refractivity contribution in [3.8, 4) is 0 Å². The fourth-order valence-corrected chi connectivity index (χ4v) is 1.17. The second kappa shape index (κ2) is 4.12. The lowest BCUT2D eigenvalue weighted by Gasteiger charge is -2.04. The number of carbonyl (C=O) groups is 1. The first-order valence-electron chi connectivity index (χ1n) is 4.03. The van der Waals surface area contributed by atoms with Crippen molar-refractivity contribution in [1.82, 2.24) is 0 Å². The molecule has 0 heterocycles. The van der Waals surface area contributed by atoms with Gasteiger partial charge in [0.2, 0.25) is 0 Å². The summed E-state index contributed by atoms with van der Waals surface area (Å²) < 4.78 is 25.6. The van der Waals surface area contributed by atoms with Crippen LogP contribution in [0.15, 0.2) is 12.1 Å². The molecule has 0 atom stereocenters. The number of hydrogen-bond acceptors (Lipinski definition) is 1. The highest BCUT2D eigenvalue weighted by Crippen LogP contribution is 2.15. The first kappa shape index (κ1) is 9.84. The molecule has 0 radical (unpaired) electrons. The second-order valence-electron chi connectivity index (χ2n) is 2.88. The Morgan fingerprint density at radius 3 is 2.69 bits per heavy atom. The zero-order valence-corrected chi connectivity index (χ0v) is 7.31. The molecule has 0 fully saturated rings. The van der Waals surface area contributed by atoms with Gasteiger partial charge >= 0.3 is 0 Å². The Labute approximate surface area is 75.4 Å². The number of hydrogen-bond donors (Lipinski definition) is 0. The maximum Gasteiger partial charge on any atom is 0.129 e. The minimum atomic E-state index is -0.594. The summed E-state index contributed by atoms with van der Waals surface area (Å²) in [6, 6.07) is 2.11. The van der Waals surface area contributed by atoms with Crippen LogP contribution in [0.4, 0.5) is 8.78 Å². The van der Waals surface area contributed by atoms with E-state index in [1.54, 1.807) is 6.92 Å². The molecule has 13 heavy (non-hydrogen) atoms. The average molecular weight is 184 g/mol.